The van der Waals surface area contributed by atoms with Crippen molar-refractivity contribution in [2.45, 2.75) is 26.7 Å². The van der Waals surface area contributed by atoms with E-state index >= 15 is 0 Å². The van der Waals surface area contributed by atoms with E-state index in [4.69, 9.17) is 5.11 Å². The minimum Gasteiger partial charge on any atom is -0.396 e. The van der Waals surface area contributed by atoms with Crippen LogP contribution in [0.3, 0.4) is 0 Å². The second-order valence-corrected chi connectivity index (χ2v) is 4.60. The molecule has 0 saturated carbocycles. The summed E-state index contributed by atoms with van der Waals surface area (Å²) in [5.41, 5.74) is 1.37. The summed E-state index contributed by atoms with van der Waals surface area (Å²) in [6.07, 6.45) is 0.747. The Kier molecular flexibility index (Phi) is 6.02. The Labute approximate surface area is 113 Å². The lowest BCUT2D eigenvalue weighted by atomic mass is 10.2. The Bertz CT molecular complexity index is 427. The van der Waals surface area contributed by atoms with Gasteiger partial charge in [-0.05, 0) is 30.7 Å². The van der Waals surface area contributed by atoms with Gasteiger partial charge in [0, 0.05) is 30.3 Å². The number of aliphatic hydroxyl groups is 1. The van der Waals surface area contributed by atoms with Crippen molar-refractivity contribution >= 4 is 23.2 Å². The molecule has 0 saturated heterocycles. The van der Waals surface area contributed by atoms with Crippen LogP contribution in [0.15, 0.2) is 24.3 Å². The summed E-state index contributed by atoms with van der Waals surface area (Å²) in [5.74, 6) is -0.245. The molecule has 2 amide bonds. The monoisotopic (exact) mass is 264 g/mol. The molecule has 0 bridgehead atoms. The second-order valence-electron chi connectivity index (χ2n) is 4.60. The largest absolute Gasteiger partial charge is 0.396 e. The molecule has 5 heteroatoms. The van der Waals surface area contributed by atoms with Crippen LogP contribution in [0.1, 0.15) is 26.7 Å². The summed E-state index contributed by atoms with van der Waals surface area (Å²) >= 11 is 0. The van der Waals surface area contributed by atoms with Crippen LogP contribution in [0, 0.1) is 5.92 Å². The van der Waals surface area contributed by atoms with Crippen molar-refractivity contribution in [2.75, 3.05) is 17.2 Å². The van der Waals surface area contributed by atoms with E-state index in [9.17, 15) is 9.59 Å². The zero-order valence-electron chi connectivity index (χ0n) is 11.3. The lowest BCUT2D eigenvalue weighted by molar-refractivity contribution is -0.119. The zero-order valence-corrected chi connectivity index (χ0v) is 11.3. The molecule has 0 spiro atoms. The van der Waals surface area contributed by atoms with E-state index in [-0.39, 0.29) is 24.3 Å². The third-order valence-corrected chi connectivity index (χ3v) is 2.52. The Hall–Kier alpha value is -1.88. The van der Waals surface area contributed by atoms with Crippen LogP contribution in [-0.4, -0.2) is 23.5 Å². The van der Waals surface area contributed by atoms with Crippen molar-refractivity contribution in [1.82, 2.24) is 0 Å². The number of anilines is 2. The van der Waals surface area contributed by atoms with Gasteiger partial charge in [-0.15, -0.1) is 0 Å². The number of rotatable bonds is 6. The van der Waals surface area contributed by atoms with E-state index in [0.29, 0.717) is 24.2 Å². The second kappa shape index (κ2) is 7.53. The van der Waals surface area contributed by atoms with Gasteiger partial charge in [0.1, 0.15) is 0 Å². The molecule has 1 aromatic carbocycles. The highest BCUT2D eigenvalue weighted by Crippen LogP contribution is 2.14. The van der Waals surface area contributed by atoms with Crippen molar-refractivity contribution in [2.24, 2.45) is 5.92 Å². The number of aliphatic hydroxyl groups excluding tert-OH is 1. The average molecular weight is 264 g/mol. The van der Waals surface area contributed by atoms with E-state index in [1.807, 2.05) is 13.8 Å². The topological polar surface area (TPSA) is 78.4 Å². The van der Waals surface area contributed by atoms with Crippen LogP contribution < -0.4 is 10.6 Å². The molecule has 19 heavy (non-hydrogen) atoms. The molecule has 0 aromatic heterocycles. The van der Waals surface area contributed by atoms with Gasteiger partial charge in [-0.2, -0.15) is 0 Å². The van der Waals surface area contributed by atoms with Crippen LogP contribution >= 0.6 is 0 Å². The molecule has 0 radical (unpaired) electrons. The van der Waals surface area contributed by atoms with Crippen molar-refractivity contribution < 1.29 is 14.7 Å². The lowest BCUT2D eigenvalue weighted by Crippen LogP contribution is -2.17. The van der Waals surface area contributed by atoms with Gasteiger partial charge in [0.15, 0.2) is 0 Å². The van der Waals surface area contributed by atoms with E-state index in [2.05, 4.69) is 10.6 Å². The fourth-order valence-electron chi connectivity index (χ4n) is 1.39. The van der Waals surface area contributed by atoms with Crippen LogP contribution in [0.5, 0.6) is 0 Å². The maximum Gasteiger partial charge on any atom is 0.226 e. The van der Waals surface area contributed by atoms with Gasteiger partial charge in [-0.1, -0.05) is 13.8 Å². The van der Waals surface area contributed by atoms with Crippen LogP contribution in [0.25, 0.3) is 0 Å². The number of hydrogen-bond donors (Lipinski definition) is 3. The van der Waals surface area contributed by atoms with Crippen molar-refractivity contribution in [1.29, 1.82) is 0 Å². The molecule has 104 valence electrons. The Morgan fingerprint density at radius 2 is 1.63 bits per heavy atom. The molecule has 0 heterocycles. The fourth-order valence-corrected chi connectivity index (χ4v) is 1.39. The number of nitrogens with one attached hydrogen (secondary N) is 2. The predicted molar refractivity (Wildman–Crippen MR) is 74.9 cm³/mol. The highest BCUT2D eigenvalue weighted by Gasteiger charge is 2.07. The molecule has 5 nitrogen and oxygen atoms in total. The molecule has 1 rings (SSSR count). The molecule has 0 atom stereocenters. The van der Waals surface area contributed by atoms with Crippen molar-refractivity contribution in [3.05, 3.63) is 24.3 Å². The molecule has 0 aliphatic carbocycles. The Morgan fingerprint density at radius 3 is 2.11 bits per heavy atom. The first-order valence-corrected chi connectivity index (χ1v) is 6.34. The van der Waals surface area contributed by atoms with E-state index in [0.717, 1.165) is 0 Å². The fraction of sp³-hybridized carbons (Fsp3) is 0.429. The molecule has 0 aliphatic heterocycles. The minimum atomic E-state index is -0.131. The molecule has 0 aliphatic rings. The third-order valence-electron chi connectivity index (χ3n) is 2.52. The van der Waals surface area contributed by atoms with E-state index < -0.39 is 0 Å². The predicted octanol–water partition coefficient (Wildman–Crippen LogP) is 1.99. The van der Waals surface area contributed by atoms with Gasteiger partial charge in [0.05, 0.1) is 0 Å². The summed E-state index contributed by atoms with van der Waals surface area (Å²) in [7, 11) is 0. The summed E-state index contributed by atoms with van der Waals surface area (Å²) < 4.78 is 0. The third kappa shape index (κ3) is 5.52. The molecular weight excluding hydrogens is 244 g/mol. The van der Waals surface area contributed by atoms with E-state index in [1.165, 1.54) is 0 Å². The molecule has 0 unspecified atom stereocenters. The average Bonchev–Trinajstić information content (AvgIpc) is 2.38. The molecule has 3 N–H and O–H groups in total. The lowest BCUT2D eigenvalue weighted by Gasteiger charge is -2.09. The number of hydrogen-bond acceptors (Lipinski definition) is 3. The standard InChI is InChI=1S/C14H20N2O3/c1-10(2)14(19)16-12-7-5-11(6-8-12)15-13(18)4-3-9-17/h5-8,10,17H,3-4,9H2,1-2H3,(H,15,18)(H,16,19). The SMILES string of the molecule is CC(C)C(=O)Nc1ccc(NC(=O)CCCO)cc1. The quantitative estimate of drug-likeness (QED) is 0.735. The molecular formula is C14H20N2O3. The highest BCUT2D eigenvalue weighted by atomic mass is 16.3. The van der Waals surface area contributed by atoms with Gasteiger partial charge in [-0.3, -0.25) is 9.59 Å². The highest BCUT2D eigenvalue weighted by molar-refractivity contribution is 5.93. The maximum absolute atomic E-state index is 11.5. The first-order chi connectivity index (χ1) is 9.02. The smallest absolute Gasteiger partial charge is 0.226 e. The summed E-state index contributed by atoms with van der Waals surface area (Å²) in [4.78, 5) is 22.9. The van der Waals surface area contributed by atoms with Crippen LogP contribution in [0.2, 0.25) is 0 Å². The summed E-state index contributed by atoms with van der Waals surface area (Å²) in [5, 5.41) is 14.1. The number of carbonyl (C=O) groups excluding carboxylic acids is 2. The van der Waals surface area contributed by atoms with Gasteiger partial charge >= 0.3 is 0 Å². The van der Waals surface area contributed by atoms with Gasteiger partial charge < -0.3 is 15.7 Å². The first-order valence-electron chi connectivity index (χ1n) is 6.34. The first kappa shape index (κ1) is 15.2. The van der Waals surface area contributed by atoms with Crippen LogP contribution in [-0.2, 0) is 9.59 Å². The normalized spacial score (nSPS) is 10.3. The maximum atomic E-state index is 11.5. The molecule has 0 fully saturated rings. The van der Waals surface area contributed by atoms with Gasteiger partial charge in [0.25, 0.3) is 0 Å². The van der Waals surface area contributed by atoms with Gasteiger partial charge in [-0.25, -0.2) is 0 Å². The Balaban J connectivity index is 2.52. The molecule has 1 aromatic rings. The number of amides is 2. The van der Waals surface area contributed by atoms with E-state index in [1.54, 1.807) is 24.3 Å². The van der Waals surface area contributed by atoms with Gasteiger partial charge in [0.2, 0.25) is 11.8 Å². The summed E-state index contributed by atoms with van der Waals surface area (Å²) in [6.45, 7) is 3.66. The summed E-state index contributed by atoms with van der Waals surface area (Å²) in [6, 6.07) is 6.93. The Morgan fingerprint density at radius 1 is 1.11 bits per heavy atom. The number of carbonyl (C=O) groups is 2. The number of benzene rings is 1. The minimum absolute atomic E-state index is 0.00753. The van der Waals surface area contributed by atoms with Crippen LogP contribution in [0.4, 0.5) is 11.4 Å². The zero-order chi connectivity index (χ0) is 14.3. The van der Waals surface area contributed by atoms with Crippen molar-refractivity contribution in [3.8, 4) is 0 Å². The van der Waals surface area contributed by atoms with Crippen molar-refractivity contribution in [3.63, 3.8) is 0 Å².